The summed E-state index contributed by atoms with van der Waals surface area (Å²) in [5, 5.41) is 4.21. The third-order valence-corrected chi connectivity index (χ3v) is 4.61. The Morgan fingerprint density at radius 2 is 1.61 bits per heavy atom. The lowest BCUT2D eigenvalue weighted by molar-refractivity contribution is -0.166. The molecule has 4 atom stereocenters. The summed E-state index contributed by atoms with van der Waals surface area (Å²) in [4.78, 5) is 51.4. The zero-order valence-electron chi connectivity index (χ0n) is 18.4. The fourth-order valence-electron chi connectivity index (χ4n) is 3.35. The number of aromatic nitrogens is 3. The molecule has 3 rings (SSSR count). The van der Waals surface area contributed by atoms with Gasteiger partial charge in [0, 0.05) is 26.3 Å². The molecule has 12 heteroatoms. The minimum Gasteiger partial charge on any atom is -0.463 e. The molecule has 1 fully saturated rings. The number of hydrogen-bond acceptors (Lipinski definition) is 11. The van der Waals surface area contributed by atoms with E-state index in [9.17, 15) is 19.2 Å². The Hall–Kier alpha value is -3.80. The molecule has 1 aromatic heterocycles. The van der Waals surface area contributed by atoms with Crippen molar-refractivity contribution < 1.29 is 42.9 Å². The number of methoxy groups -OCH3 is 1. The first-order valence-corrected chi connectivity index (χ1v) is 9.94. The number of benzene rings is 1. The Kier molecular flexibility index (Phi) is 7.38. The van der Waals surface area contributed by atoms with E-state index in [1.807, 2.05) is 0 Å². The minimum absolute atomic E-state index is 0.216. The molecule has 0 aliphatic carbocycles. The first-order valence-electron chi connectivity index (χ1n) is 9.94. The van der Waals surface area contributed by atoms with Crippen LogP contribution < -0.4 is 0 Å². The van der Waals surface area contributed by atoms with E-state index in [1.54, 1.807) is 30.3 Å². The Morgan fingerprint density at radius 1 is 0.970 bits per heavy atom. The van der Waals surface area contributed by atoms with E-state index in [0.717, 1.165) is 0 Å². The zero-order valence-corrected chi connectivity index (χ0v) is 18.4. The predicted octanol–water partition coefficient (Wildman–Crippen LogP) is 1.06. The zero-order chi connectivity index (χ0) is 24.1. The van der Waals surface area contributed by atoms with Crippen molar-refractivity contribution in [2.75, 3.05) is 13.7 Å². The van der Waals surface area contributed by atoms with Crippen molar-refractivity contribution >= 4 is 23.9 Å². The van der Waals surface area contributed by atoms with Crippen LogP contribution in [0, 0.1) is 0 Å². The van der Waals surface area contributed by atoms with Crippen LogP contribution in [-0.2, 0) is 38.1 Å². The highest BCUT2D eigenvalue weighted by Gasteiger charge is 2.52. The number of rotatable bonds is 7. The molecule has 2 heterocycles. The highest BCUT2D eigenvalue weighted by molar-refractivity contribution is 5.85. The van der Waals surface area contributed by atoms with Crippen LogP contribution in [0.4, 0.5) is 0 Å². The molecule has 1 aliphatic heterocycles. The molecule has 0 bridgehead atoms. The quantitative estimate of drug-likeness (QED) is 0.431. The fourth-order valence-corrected chi connectivity index (χ4v) is 3.35. The summed E-state index contributed by atoms with van der Waals surface area (Å²) in [7, 11) is 1.19. The smallest absolute Gasteiger partial charge is 0.377 e. The normalized spacial score (nSPS) is 21.8. The molecule has 1 saturated heterocycles. The van der Waals surface area contributed by atoms with Gasteiger partial charge in [0.25, 0.3) is 5.82 Å². The van der Waals surface area contributed by atoms with E-state index in [4.69, 9.17) is 23.7 Å². The molecular formula is C21H23N3O9. The van der Waals surface area contributed by atoms with Crippen LogP contribution in [0.3, 0.4) is 0 Å². The molecule has 2 aromatic rings. The summed E-state index contributed by atoms with van der Waals surface area (Å²) in [5.74, 6) is -2.74. The maximum absolute atomic E-state index is 12.1. The molecule has 0 radical (unpaired) electrons. The van der Waals surface area contributed by atoms with Crippen LogP contribution >= 0.6 is 0 Å². The van der Waals surface area contributed by atoms with Crippen molar-refractivity contribution in [3.05, 3.63) is 36.2 Å². The van der Waals surface area contributed by atoms with Crippen LogP contribution in [0.2, 0.25) is 0 Å². The Labute approximate surface area is 188 Å². The van der Waals surface area contributed by atoms with Crippen LogP contribution in [-0.4, -0.2) is 70.7 Å². The highest BCUT2D eigenvalue weighted by atomic mass is 16.7. The monoisotopic (exact) mass is 461 g/mol. The summed E-state index contributed by atoms with van der Waals surface area (Å²) in [6.07, 6.45) is -4.45. The van der Waals surface area contributed by atoms with Gasteiger partial charge in [0.2, 0.25) is 0 Å². The van der Waals surface area contributed by atoms with Crippen molar-refractivity contribution in [2.24, 2.45) is 0 Å². The topological polar surface area (TPSA) is 145 Å². The Morgan fingerprint density at radius 3 is 2.18 bits per heavy atom. The average molecular weight is 461 g/mol. The van der Waals surface area contributed by atoms with Crippen LogP contribution in [0.15, 0.2) is 30.3 Å². The molecule has 0 N–H and O–H groups in total. The minimum atomic E-state index is -1.18. The second-order valence-electron chi connectivity index (χ2n) is 7.08. The lowest BCUT2D eigenvalue weighted by Crippen LogP contribution is -2.40. The van der Waals surface area contributed by atoms with Gasteiger partial charge < -0.3 is 23.7 Å². The number of hydrogen-bond donors (Lipinski definition) is 0. The van der Waals surface area contributed by atoms with Gasteiger partial charge in [-0.2, -0.15) is 0 Å². The number of esters is 4. The molecule has 33 heavy (non-hydrogen) atoms. The van der Waals surface area contributed by atoms with Crippen LogP contribution in [0.1, 0.15) is 37.6 Å². The van der Waals surface area contributed by atoms with Crippen LogP contribution in [0.25, 0.3) is 11.4 Å². The SMILES string of the molecule is COC(=O)c1nc(-c2ccccc2)n([C@@H]2O[C@H](COC(C)=O)[C@@H](OC(C)=O)[C@H]2OC(C)=O)n1. The summed E-state index contributed by atoms with van der Waals surface area (Å²) in [6.45, 7) is 3.30. The second-order valence-corrected chi connectivity index (χ2v) is 7.08. The molecule has 0 saturated carbocycles. The first-order chi connectivity index (χ1) is 15.7. The lowest BCUT2D eigenvalue weighted by atomic mass is 10.1. The molecule has 0 amide bonds. The maximum atomic E-state index is 12.1. The van der Waals surface area contributed by atoms with Crippen molar-refractivity contribution in [2.45, 2.75) is 45.3 Å². The predicted molar refractivity (Wildman–Crippen MR) is 108 cm³/mol. The lowest BCUT2D eigenvalue weighted by Gasteiger charge is -2.23. The number of carbonyl (C=O) groups excluding carboxylic acids is 4. The van der Waals surface area contributed by atoms with Crippen molar-refractivity contribution in [3.63, 3.8) is 0 Å². The van der Waals surface area contributed by atoms with Gasteiger partial charge in [-0.25, -0.2) is 14.5 Å². The maximum Gasteiger partial charge on any atom is 0.377 e. The molecule has 0 spiro atoms. The Bertz CT molecular complexity index is 1040. The molecule has 1 aliphatic rings. The van der Waals surface area contributed by atoms with Gasteiger partial charge in [-0.05, 0) is 0 Å². The van der Waals surface area contributed by atoms with Gasteiger partial charge in [0.05, 0.1) is 7.11 Å². The van der Waals surface area contributed by atoms with E-state index in [0.29, 0.717) is 5.56 Å². The number of nitrogens with zero attached hydrogens (tertiary/aromatic N) is 3. The number of ether oxygens (including phenoxy) is 5. The third-order valence-electron chi connectivity index (χ3n) is 4.61. The molecule has 12 nitrogen and oxygen atoms in total. The van der Waals surface area contributed by atoms with Gasteiger partial charge in [0.15, 0.2) is 24.3 Å². The molecular weight excluding hydrogens is 438 g/mol. The third kappa shape index (κ3) is 5.52. The largest absolute Gasteiger partial charge is 0.463 e. The standard InChI is InChI=1S/C21H23N3O9/c1-11(25)30-10-15-16(31-12(2)26)17(32-13(3)27)20(33-15)24-19(14-8-6-5-7-9-14)22-18(23-24)21(28)29-4/h5-9,15-17,20H,10H2,1-4H3/t15-,16-,17-,20-/m1/s1. The summed E-state index contributed by atoms with van der Waals surface area (Å²) in [5.41, 5.74) is 0.581. The fraction of sp³-hybridized carbons (Fsp3) is 0.429. The molecule has 1 aromatic carbocycles. The summed E-state index contributed by atoms with van der Waals surface area (Å²) >= 11 is 0. The van der Waals surface area contributed by atoms with Gasteiger partial charge in [0.1, 0.15) is 12.7 Å². The summed E-state index contributed by atoms with van der Waals surface area (Å²) < 4.78 is 27.8. The highest BCUT2D eigenvalue weighted by Crippen LogP contribution is 2.36. The first kappa shape index (κ1) is 23.9. The molecule has 0 unspecified atom stereocenters. The van der Waals surface area contributed by atoms with E-state index in [2.05, 4.69) is 10.1 Å². The van der Waals surface area contributed by atoms with E-state index >= 15 is 0 Å². The van der Waals surface area contributed by atoms with E-state index in [1.165, 1.54) is 32.6 Å². The van der Waals surface area contributed by atoms with Crippen LogP contribution in [0.5, 0.6) is 0 Å². The van der Waals surface area contributed by atoms with Crippen molar-refractivity contribution in [1.82, 2.24) is 14.8 Å². The van der Waals surface area contributed by atoms with E-state index in [-0.39, 0.29) is 18.3 Å². The Balaban J connectivity index is 2.10. The van der Waals surface area contributed by atoms with E-state index < -0.39 is 48.4 Å². The summed E-state index contributed by atoms with van der Waals surface area (Å²) in [6, 6.07) is 8.78. The van der Waals surface area contributed by atoms with Gasteiger partial charge in [-0.15, -0.1) is 5.10 Å². The van der Waals surface area contributed by atoms with Gasteiger partial charge >= 0.3 is 23.9 Å². The van der Waals surface area contributed by atoms with Crippen molar-refractivity contribution in [3.8, 4) is 11.4 Å². The van der Waals surface area contributed by atoms with Crippen molar-refractivity contribution in [1.29, 1.82) is 0 Å². The second kappa shape index (κ2) is 10.2. The average Bonchev–Trinajstić information content (AvgIpc) is 3.34. The van der Waals surface area contributed by atoms with Gasteiger partial charge in [-0.1, -0.05) is 30.3 Å². The number of carbonyl (C=O) groups is 4. The molecule has 176 valence electrons. The van der Waals surface area contributed by atoms with Gasteiger partial charge in [-0.3, -0.25) is 14.4 Å².